The molecule has 1 heterocycles. The molecule has 0 fully saturated rings. The number of fused-ring (bicyclic) bond motifs is 1. The summed E-state index contributed by atoms with van der Waals surface area (Å²) in [5.41, 5.74) is 0.711. The van der Waals surface area contributed by atoms with Gasteiger partial charge in [-0.15, -0.1) is 6.42 Å². The average Bonchev–Trinajstić information content (AvgIpc) is 2.72. The number of carbonyl (C=O) groups excluding carboxylic acids is 1. The quantitative estimate of drug-likeness (QED) is 0.362. The molecule has 3 rings (SSSR count). The molecule has 0 saturated heterocycles. The number of rotatable bonds is 5. The number of carbonyl (C=O) groups is 1. The summed E-state index contributed by atoms with van der Waals surface area (Å²) in [7, 11) is 1.21. The summed E-state index contributed by atoms with van der Waals surface area (Å²) in [6.45, 7) is 4.80. The number of benzene rings is 2. The number of terminal acetylenes is 1. The van der Waals surface area contributed by atoms with Crippen molar-refractivity contribution in [1.29, 1.82) is 0 Å². The molecule has 0 aromatic heterocycles. The lowest BCUT2D eigenvalue weighted by atomic mass is 9.83. The van der Waals surface area contributed by atoms with Gasteiger partial charge in [0.25, 0.3) is 0 Å². The summed E-state index contributed by atoms with van der Waals surface area (Å²) in [4.78, 5) is 13.1. The summed E-state index contributed by atoms with van der Waals surface area (Å²) in [6, 6.07) is 6.66. The van der Waals surface area contributed by atoms with E-state index in [2.05, 4.69) is 10.7 Å². The van der Waals surface area contributed by atoms with Crippen molar-refractivity contribution in [3.05, 3.63) is 75.9 Å². The minimum absolute atomic E-state index is 0.00195. The third kappa shape index (κ3) is 5.05. The first-order valence-corrected chi connectivity index (χ1v) is 10.3. The lowest BCUT2D eigenvalue weighted by molar-refractivity contribution is -0.134. The summed E-state index contributed by atoms with van der Waals surface area (Å²) in [5, 5.41) is 0. The second-order valence-electron chi connectivity index (χ2n) is 8.66. The third-order valence-corrected chi connectivity index (χ3v) is 5.56. The topological polar surface area (TPSA) is 29.5 Å². The van der Waals surface area contributed by atoms with Crippen LogP contribution in [0.15, 0.2) is 36.4 Å². The molecule has 0 bridgehead atoms. The monoisotopic (exact) mass is 441 g/mol. The first kappa shape index (κ1) is 23.6. The highest BCUT2D eigenvalue weighted by atomic mass is 19.1. The number of halogens is 3. The second kappa shape index (κ2) is 9.22. The van der Waals surface area contributed by atoms with Gasteiger partial charge in [0.1, 0.15) is 17.3 Å². The minimum atomic E-state index is -1.57. The maximum absolute atomic E-state index is 15.3. The molecule has 168 valence electrons. The van der Waals surface area contributed by atoms with Crippen LogP contribution in [0.1, 0.15) is 54.6 Å². The molecule has 32 heavy (non-hydrogen) atoms. The normalized spacial score (nSPS) is 18.9. The number of alkyl halides is 1. The number of hydrogen-bond donors (Lipinski definition) is 0. The highest BCUT2D eigenvalue weighted by molar-refractivity contribution is 5.86. The lowest BCUT2D eigenvalue weighted by Crippen LogP contribution is -2.48. The van der Waals surface area contributed by atoms with Gasteiger partial charge in [-0.1, -0.05) is 12.0 Å². The Balaban J connectivity index is 2.16. The molecule has 0 N–H and O–H groups in total. The molecule has 1 aliphatic rings. The molecular formula is C26H26F3NO2. The third-order valence-electron chi connectivity index (χ3n) is 5.56. The summed E-state index contributed by atoms with van der Waals surface area (Å²) < 4.78 is 49.9. The maximum Gasteiger partial charge on any atom is 0.330 e. The van der Waals surface area contributed by atoms with E-state index in [9.17, 15) is 9.18 Å². The molecular weight excluding hydrogens is 415 g/mol. The van der Waals surface area contributed by atoms with Gasteiger partial charge in [-0.25, -0.2) is 18.0 Å². The van der Waals surface area contributed by atoms with E-state index in [0.29, 0.717) is 17.5 Å². The zero-order valence-corrected chi connectivity index (χ0v) is 18.6. The van der Waals surface area contributed by atoms with E-state index in [1.54, 1.807) is 17.0 Å². The van der Waals surface area contributed by atoms with Crippen LogP contribution < -0.4 is 0 Å². The summed E-state index contributed by atoms with van der Waals surface area (Å²) in [5.74, 6) is 0.402. The number of nitrogens with zero attached hydrogens (tertiary/aromatic N) is 1. The van der Waals surface area contributed by atoms with Crippen LogP contribution in [0.3, 0.4) is 0 Å². The van der Waals surface area contributed by atoms with Gasteiger partial charge < -0.3 is 4.74 Å². The molecule has 0 spiro atoms. The highest BCUT2D eigenvalue weighted by Gasteiger charge is 2.39. The number of ether oxygens (including phenoxy) is 1. The van der Waals surface area contributed by atoms with Crippen LogP contribution in [0.5, 0.6) is 0 Å². The Labute approximate surface area is 186 Å². The molecule has 2 aromatic carbocycles. The molecule has 0 aliphatic carbocycles. The van der Waals surface area contributed by atoms with Crippen LogP contribution in [-0.4, -0.2) is 36.2 Å². The zero-order chi connectivity index (χ0) is 23.6. The predicted molar refractivity (Wildman–Crippen MR) is 119 cm³/mol. The van der Waals surface area contributed by atoms with E-state index in [0.717, 1.165) is 23.8 Å². The largest absolute Gasteiger partial charge is 0.466 e. The van der Waals surface area contributed by atoms with Crippen LogP contribution in [0.25, 0.3) is 6.08 Å². The van der Waals surface area contributed by atoms with Crippen molar-refractivity contribution >= 4 is 12.0 Å². The maximum atomic E-state index is 15.3. The molecule has 6 heteroatoms. The minimum Gasteiger partial charge on any atom is -0.466 e. The van der Waals surface area contributed by atoms with Crippen molar-refractivity contribution in [3.8, 4) is 12.3 Å². The Morgan fingerprint density at radius 3 is 2.50 bits per heavy atom. The van der Waals surface area contributed by atoms with Gasteiger partial charge in [0.15, 0.2) is 0 Å². The van der Waals surface area contributed by atoms with Gasteiger partial charge in [0.2, 0.25) is 0 Å². The van der Waals surface area contributed by atoms with E-state index >= 15 is 8.78 Å². The fourth-order valence-corrected chi connectivity index (χ4v) is 4.20. The highest BCUT2D eigenvalue weighted by Crippen LogP contribution is 2.41. The molecule has 2 aromatic rings. The van der Waals surface area contributed by atoms with E-state index in [-0.39, 0.29) is 23.7 Å². The average molecular weight is 441 g/mol. The van der Waals surface area contributed by atoms with Crippen LogP contribution in [0.4, 0.5) is 13.2 Å². The van der Waals surface area contributed by atoms with Crippen molar-refractivity contribution in [3.63, 3.8) is 0 Å². The molecule has 0 radical (unpaired) electrons. The fraction of sp³-hybridized carbons (Fsp3) is 0.346. The van der Waals surface area contributed by atoms with Crippen molar-refractivity contribution < 1.29 is 22.7 Å². The van der Waals surface area contributed by atoms with Crippen molar-refractivity contribution in [2.24, 2.45) is 0 Å². The molecule has 1 aliphatic heterocycles. The predicted octanol–water partition coefficient (Wildman–Crippen LogP) is 5.22. The van der Waals surface area contributed by atoms with E-state index in [4.69, 9.17) is 6.42 Å². The Bertz CT molecular complexity index is 1070. The van der Waals surface area contributed by atoms with Gasteiger partial charge in [-0.2, -0.15) is 0 Å². The zero-order valence-electron chi connectivity index (χ0n) is 18.6. The van der Waals surface area contributed by atoms with E-state index in [1.165, 1.54) is 27.0 Å². The van der Waals surface area contributed by atoms with Gasteiger partial charge >= 0.3 is 5.97 Å². The van der Waals surface area contributed by atoms with Gasteiger partial charge in [0, 0.05) is 29.8 Å². The van der Waals surface area contributed by atoms with E-state index in [1.807, 2.05) is 13.0 Å². The molecule has 2 unspecified atom stereocenters. The molecule has 0 amide bonds. The standard InChI is InChI=1S/C26H26F3NO2/c1-6-17-7-9-20-19(12-17)11-16(2)30(15-26(3,4)29)25(20)24-21(27)13-18(14-22(24)28)8-10-23(31)32-5/h1,7-10,12-14,16,25H,11,15H2,2-5H3/b10-8+. The first-order chi connectivity index (χ1) is 15.0. The Morgan fingerprint density at radius 2 is 1.94 bits per heavy atom. The Kier molecular flexibility index (Phi) is 6.80. The van der Waals surface area contributed by atoms with Crippen molar-refractivity contribution in [1.82, 2.24) is 4.90 Å². The first-order valence-electron chi connectivity index (χ1n) is 10.3. The van der Waals surface area contributed by atoms with Crippen LogP contribution >= 0.6 is 0 Å². The van der Waals surface area contributed by atoms with Gasteiger partial charge in [-0.05, 0) is 74.2 Å². The SMILES string of the molecule is C#Cc1ccc2c(c1)CC(C)N(CC(C)(C)F)C2c1c(F)cc(/C=C/C(=O)OC)cc1F. The van der Waals surface area contributed by atoms with E-state index < -0.39 is 29.3 Å². The Morgan fingerprint density at radius 1 is 1.28 bits per heavy atom. The van der Waals surface area contributed by atoms with Gasteiger partial charge in [-0.3, -0.25) is 4.90 Å². The summed E-state index contributed by atoms with van der Waals surface area (Å²) >= 11 is 0. The van der Waals surface area contributed by atoms with Crippen LogP contribution in [-0.2, 0) is 16.0 Å². The summed E-state index contributed by atoms with van der Waals surface area (Å²) in [6.07, 6.45) is 8.48. The number of methoxy groups -OCH3 is 1. The van der Waals surface area contributed by atoms with Crippen molar-refractivity contribution in [2.45, 2.75) is 44.9 Å². The number of esters is 1. The van der Waals surface area contributed by atoms with Gasteiger partial charge in [0.05, 0.1) is 13.2 Å². The molecule has 0 saturated carbocycles. The van der Waals surface area contributed by atoms with Crippen molar-refractivity contribution in [2.75, 3.05) is 13.7 Å². The smallest absolute Gasteiger partial charge is 0.330 e. The number of hydrogen-bond acceptors (Lipinski definition) is 3. The Hall–Kier alpha value is -3.04. The molecule has 2 atom stereocenters. The molecule has 3 nitrogen and oxygen atoms in total. The van der Waals surface area contributed by atoms with Crippen LogP contribution in [0, 0.1) is 24.0 Å². The fourth-order valence-electron chi connectivity index (χ4n) is 4.20. The lowest BCUT2D eigenvalue weighted by Gasteiger charge is -2.44. The van der Waals surface area contributed by atoms with Crippen LogP contribution in [0.2, 0.25) is 0 Å². The second-order valence-corrected chi connectivity index (χ2v) is 8.66.